The van der Waals surface area contributed by atoms with Gasteiger partial charge in [0.1, 0.15) is 12.4 Å². The third-order valence-corrected chi connectivity index (χ3v) is 8.85. The minimum atomic E-state index is -3.18. The van der Waals surface area contributed by atoms with E-state index < -0.39 is 10.0 Å². The zero-order valence-corrected chi connectivity index (χ0v) is 20.2. The zero-order valence-electron chi connectivity index (χ0n) is 19.4. The summed E-state index contributed by atoms with van der Waals surface area (Å²) in [5.74, 6) is 1.51. The molecule has 2 heterocycles. The fourth-order valence-corrected chi connectivity index (χ4v) is 6.49. The molecule has 0 bridgehead atoms. The number of ether oxygens (including phenoxy) is 1. The van der Waals surface area contributed by atoms with Crippen LogP contribution >= 0.6 is 0 Å². The number of fused-ring (bicyclic) bond motifs is 1. The van der Waals surface area contributed by atoms with E-state index in [-0.39, 0.29) is 11.8 Å². The van der Waals surface area contributed by atoms with Gasteiger partial charge in [0.15, 0.2) is 0 Å². The molecule has 1 saturated heterocycles. The quantitative estimate of drug-likeness (QED) is 0.589. The van der Waals surface area contributed by atoms with Gasteiger partial charge in [0.25, 0.3) is 0 Å². The second-order valence-corrected chi connectivity index (χ2v) is 11.6. The molecule has 6 nitrogen and oxygen atoms in total. The van der Waals surface area contributed by atoms with Gasteiger partial charge in [-0.05, 0) is 49.4 Å². The molecule has 33 heavy (non-hydrogen) atoms. The van der Waals surface area contributed by atoms with Crippen LogP contribution in [0.3, 0.4) is 0 Å². The molecule has 2 atom stereocenters. The monoisotopic (exact) mass is 469 g/mol. The lowest BCUT2D eigenvalue weighted by molar-refractivity contribution is 0.180. The molecule has 2 N–H and O–H groups in total. The van der Waals surface area contributed by atoms with Crippen LogP contribution in [-0.4, -0.2) is 52.0 Å². The van der Waals surface area contributed by atoms with E-state index in [4.69, 9.17) is 4.74 Å². The Morgan fingerprint density at radius 2 is 1.85 bits per heavy atom. The average Bonchev–Trinajstić information content (AvgIpc) is 2.74. The van der Waals surface area contributed by atoms with Crippen LogP contribution in [0.1, 0.15) is 49.7 Å². The maximum atomic E-state index is 12.1. The second-order valence-electron chi connectivity index (χ2n) is 9.77. The van der Waals surface area contributed by atoms with Crippen molar-refractivity contribution in [2.75, 3.05) is 30.3 Å². The Balaban J connectivity index is 1.33. The normalized spacial score (nSPS) is 23.4. The van der Waals surface area contributed by atoms with Crippen LogP contribution in [0.15, 0.2) is 48.5 Å². The Morgan fingerprint density at radius 1 is 1.06 bits per heavy atom. The van der Waals surface area contributed by atoms with Crippen LogP contribution in [0.25, 0.3) is 0 Å². The number of rotatable bonds is 9. The smallest absolute Gasteiger partial charge is 0.211 e. The van der Waals surface area contributed by atoms with Gasteiger partial charge in [-0.2, -0.15) is 0 Å². The maximum Gasteiger partial charge on any atom is 0.211 e. The summed E-state index contributed by atoms with van der Waals surface area (Å²) in [6.45, 7) is 4.00. The summed E-state index contributed by atoms with van der Waals surface area (Å²) in [6.07, 6.45) is 5.43. The molecule has 1 saturated carbocycles. The maximum absolute atomic E-state index is 12.1. The van der Waals surface area contributed by atoms with Crippen molar-refractivity contribution in [3.05, 3.63) is 59.7 Å². The Bertz CT molecular complexity index is 1050. The van der Waals surface area contributed by atoms with Crippen molar-refractivity contribution in [3.8, 4) is 5.75 Å². The number of benzene rings is 2. The summed E-state index contributed by atoms with van der Waals surface area (Å²) in [5.41, 5.74) is 3.75. The third kappa shape index (κ3) is 5.20. The van der Waals surface area contributed by atoms with Crippen molar-refractivity contribution in [1.29, 1.82) is 0 Å². The summed E-state index contributed by atoms with van der Waals surface area (Å²) < 4.78 is 33.2. The molecular formula is C26H35N3O3S. The van der Waals surface area contributed by atoms with Gasteiger partial charge in [0.05, 0.1) is 11.8 Å². The van der Waals surface area contributed by atoms with Gasteiger partial charge in [0, 0.05) is 42.3 Å². The van der Waals surface area contributed by atoms with Crippen molar-refractivity contribution < 1.29 is 13.2 Å². The van der Waals surface area contributed by atoms with Gasteiger partial charge < -0.3 is 15.0 Å². The first-order valence-electron chi connectivity index (χ1n) is 12.3. The van der Waals surface area contributed by atoms with Crippen molar-refractivity contribution >= 4 is 15.7 Å². The van der Waals surface area contributed by atoms with Gasteiger partial charge in [-0.25, -0.2) is 13.1 Å². The zero-order chi connectivity index (χ0) is 22.8. The molecule has 7 heteroatoms. The lowest BCUT2D eigenvalue weighted by Crippen LogP contribution is -2.59. The predicted octanol–water partition coefficient (Wildman–Crippen LogP) is 3.43. The standard InChI is InChI=1S/C26H35N3O3S/c1-2-13-33(30,31)28-21-16-29(17-21)22-11-12-26-24(15-22)23(14-19-7-4-3-5-8-19)25(18-32-26)27-20-9-6-10-20/h3-5,7-8,11-12,15,20-21,23,25,27-28H,2,6,9-10,13-14,16-18H2,1H3. The largest absolute Gasteiger partial charge is 0.492 e. The van der Waals surface area contributed by atoms with Crippen LogP contribution < -0.4 is 19.7 Å². The van der Waals surface area contributed by atoms with E-state index in [1.807, 2.05) is 6.92 Å². The first kappa shape index (κ1) is 22.7. The summed E-state index contributed by atoms with van der Waals surface area (Å²) in [5, 5.41) is 3.87. The highest BCUT2D eigenvalue weighted by Crippen LogP contribution is 2.40. The van der Waals surface area contributed by atoms with Crippen molar-refractivity contribution in [2.24, 2.45) is 0 Å². The van der Waals surface area contributed by atoms with Crippen molar-refractivity contribution in [2.45, 2.75) is 63.1 Å². The molecule has 2 aromatic rings. The molecule has 0 radical (unpaired) electrons. The van der Waals surface area contributed by atoms with E-state index in [0.29, 0.717) is 44.1 Å². The van der Waals surface area contributed by atoms with E-state index in [2.05, 4.69) is 63.5 Å². The van der Waals surface area contributed by atoms with Gasteiger partial charge in [-0.1, -0.05) is 43.7 Å². The highest BCUT2D eigenvalue weighted by atomic mass is 32.2. The summed E-state index contributed by atoms with van der Waals surface area (Å²) >= 11 is 0. The predicted molar refractivity (Wildman–Crippen MR) is 133 cm³/mol. The molecule has 0 spiro atoms. The average molecular weight is 470 g/mol. The molecule has 5 rings (SSSR count). The summed E-state index contributed by atoms with van der Waals surface area (Å²) in [7, 11) is -3.18. The lowest BCUT2D eigenvalue weighted by atomic mass is 9.82. The van der Waals surface area contributed by atoms with Gasteiger partial charge in [0.2, 0.25) is 10.0 Å². The first-order chi connectivity index (χ1) is 16.0. The van der Waals surface area contributed by atoms with Crippen LogP contribution in [-0.2, 0) is 16.4 Å². The van der Waals surface area contributed by atoms with E-state index in [0.717, 1.165) is 17.9 Å². The minimum Gasteiger partial charge on any atom is -0.492 e. The van der Waals surface area contributed by atoms with E-state index in [1.165, 1.54) is 30.4 Å². The van der Waals surface area contributed by atoms with Crippen molar-refractivity contribution in [1.82, 2.24) is 10.0 Å². The molecule has 3 aliphatic rings. The molecular weight excluding hydrogens is 434 g/mol. The van der Waals surface area contributed by atoms with E-state index in [1.54, 1.807) is 0 Å². The third-order valence-electron chi connectivity index (χ3n) is 7.22. The van der Waals surface area contributed by atoms with Crippen LogP contribution in [0.4, 0.5) is 5.69 Å². The Hall–Kier alpha value is -2.09. The molecule has 0 amide bonds. The molecule has 2 aliphatic heterocycles. The molecule has 2 unspecified atom stereocenters. The minimum absolute atomic E-state index is 0.0121. The molecule has 1 aliphatic carbocycles. The van der Waals surface area contributed by atoms with Crippen LogP contribution in [0, 0.1) is 0 Å². The molecule has 178 valence electrons. The highest BCUT2D eigenvalue weighted by Gasteiger charge is 2.35. The number of nitrogens with one attached hydrogen (secondary N) is 2. The van der Waals surface area contributed by atoms with Crippen LogP contribution in [0.5, 0.6) is 5.75 Å². The number of sulfonamides is 1. The first-order valence-corrected chi connectivity index (χ1v) is 14.0. The van der Waals surface area contributed by atoms with E-state index in [9.17, 15) is 8.42 Å². The van der Waals surface area contributed by atoms with Gasteiger partial charge >= 0.3 is 0 Å². The number of hydrogen-bond donors (Lipinski definition) is 2. The molecule has 0 aromatic heterocycles. The van der Waals surface area contributed by atoms with Gasteiger partial charge in [-0.15, -0.1) is 0 Å². The second kappa shape index (κ2) is 9.65. The fraction of sp³-hybridized carbons (Fsp3) is 0.538. The summed E-state index contributed by atoms with van der Waals surface area (Å²) in [6, 6.07) is 18.1. The number of nitrogens with zero attached hydrogens (tertiary/aromatic N) is 1. The molecule has 2 fully saturated rings. The number of hydrogen-bond acceptors (Lipinski definition) is 5. The van der Waals surface area contributed by atoms with Crippen LogP contribution in [0.2, 0.25) is 0 Å². The summed E-state index contributed by atoms with van der Waals surface area (Å²) in [4.78, 5) is 2.25. The lowest BCUT2D eigenvalue weighted by Gasteiger charge is -2.43. The van der Waals surface area contributed by atoms with E-state index >= 15 is 0 Å². The Labute approximate surface area is 197 Å². The number of anilines is 1. The van der Waals surface area contributed by atoms with Crippen molar-refractivity contribution in [3.63, 3.8) is 0 Å². The van der Waals surface area contributed by atoms with Gasteiger partial charge in [-0.3, -0.25) is 0 Å². The topological polar surface area (TPSA) is 70.7 Å². The SMILES string of the molecule is CCCS(=O)(=O)NC1CN(c2ccc3c(c2)C(Cc2ccccc2)C(NC2CCC2)CO3)C1. The molecule has 2 aromatic carbocycles. The Morgan fingerprint density at radius 3 is 2.55 bits per heavy atom. The Kier molecular flexibility index (Phi) is 6.63. The highest BCUT2D eigenvalue weighted by molar-refractivity contribution is 7.89. The fourth-order valence-electron chi connectivity index (χ4n) is 5.17.